The van der Waals surface area contributed by atoms with Crippen molar-refractivity contribution < 1.29 is 9.62 Å². The normalized spacial score (nSPS) is 11.1. The molecule has 1 rings (SSSR count). The van der Waals surface area contributed by atoms with Crippen molar-refractivity contribution in [1.82, 2.24) is 0 Å². The van der Waals surface area contributed by atoms with Gasteiger partial charge in [0.25, 0.3) is 0 Å². The van der Waals surface area contributed by atoms with Crippen molar-refractivity contribution in [2.24, 2.45) is 5.16 Å². The van der Waals surface area contributed by atoms with Gasteiger partial charge in [-0.2, -0.15) is 0 Å². The van der Waals surface area contributed by atoms with E-state index in [0.717, 1.165) is 17.7 Å². The van der Waals surface area contributed by atoms with Crippen molar-refractivity contribution >= 4 is 6.21 Å². The summed E-state index contributed by atoms with van der Waals surface area (Å²) in [4.78, 5) is 0. The number of nitrogens with zero attached hydrogens (tertiary/aromatic N) is 1. The molecular formula is C8H11NO2. The molecule has 0 spiro atoms. The molecule has 3 heteroatoms. The monoisotopic (exact) mass is 153 g/mol. The fourth-order valence-corrected chi connectivity index (χ4v) is 1.02. The number of aryl methyl sites for hydroxylation is 2. The highest BCUT2D eigenvalue weighted by atomic mass is 16.4. The highest BCUT2D eigenvalue weighted by molar-refractivity contribution is 5.75. The summed E-state index contributed by atoms with van der Waals surface area (Å²) >= 11 is 0. The third-order valence-corrected chi connectivity index (χ3v) is 1.61. The van der Waals surface area contributed by atoms with Gasteiger partial charge in [0.05, 0.1) is 0 Å². The van der Waals surface area contributed by atoms with E-state index in [2.05, 4.69) is 12.1 Å². The van der Waals surface area contributed by atoms with Crippen LogP contribution < -0.4 is 0 Å². The smallest absolute Gasteiger partial charge is 0.148 e. The summed E-state index contributed by atoms with van der Waals surface area (Å²) in [6, 6.07) is 1.87. The predicted octanol–water partition coefficient (Wildman–Crippen LogP) is 1.96. The zero-order valence-electron chi connectivity index (χ0n) is 6.66. The van der Waals surface area contributed by atoms with Gasteiger partial charge in [0, 0.05) is 0 Å². The maximum atomic E-state index is 8.20. The summed E-state index contributed by atoms with van der Waals surface area (Å²) < 4.78 is 5.24. The SMILES string of the molecule is CCc1cc(C=NO)oc1C. The first-order valence-corrected chi connectivity index (χ1v) is 3.54. The third-order valence-electron chi connectivity index (χ3n) is 1.61. The van der Waals surface area contributed by atoms with E-state index in [0.29, 0.717) is 5.76 Å². The van der Waals surface area contributed by atoms with Gasteiger partial charge in [-0.15, -0.1) is 0 Å². The third kappa shape index (κ3) is 1.61. The Bertz CT molecular complexity index is 263. The lowest BCUT2D eigenvalue weighted by Gasteiger charge is -1.86. The van der Waals surface area contributed by atoms with E-state index in [9.17, 15) is 0 Å². The fourth-order valence-electron chi connectivity index (χ4n) is 1.02. The summed E-state index contributed by atoms with van der Waals surface area (Å²) in [5.41, 5.74) is 1.15. The van der Waals surface area contributed by atoms with Gasteiger partial charge >= 0.3 is 0 Å². The Morgan fingerprint density at radius 1 is 1.73 bits per heavy atom. The van der Waals surface area contributed by atoms with Gasteiger partial charge in [0.1, 0.15) is 17.7 Å². The molecule has 0 saturated carbocycles. The average molecular weight is 153 g/mol. The van der Waals surface area contributed by atoms with Crippen LogP contribution in [0.25, 0.3) is 0 Å². The predicted molar refractivity (Wildman–Crippen MR) is 42.2 cm³/mol. The molecule has 0 fully saturated rings. The zero-order valence-corrected chi connectivity index (χ0v) is 6.66. The fraction of sp³-hybridized carbons (Fsp3) is 0.375. The molecule has 1 N–H and O–H groups in total. The van der Waals surface area contributed by atoms with Crippen molar-refractivity contribution in [2.75, 3.05) is 0 Å². The molecular weight excluding hydrogens is 142 g/mol. The van der Waals surface area contributed by atoms with Crippen LogP contribution in [-0.2, 0) is 6.42 Å². The lowest BCUT2D eigenvalue weighted by Crippen LogP contribution is -1.75. The molecule has 0 aromatic carbocycles. The summed E-state index contributed by atoms with van der Waals surface area (Å²) in [5, 5.41) is 11.1. The minimum Gasteiger partial charge on any atom is -0.460 e. The molecule has 0 saturated heterocycles. The van der Waals surface area contributed by atoms with Crippen LogP contribution in [0.2, 0.25) is 0 Å². The summed E-state index contributed by atoms with van der Waals surface area (Å²) in [7, 11) is 0. The van der Waals surface area contributed by atoms with E-state index < -0.39 is 0 Å². The maximum Gasteiger partial charge on any atom is 0.148 e. The topological polar surface area (TPSA) is 45.7 Å². The average Bonchev–Trinajstić information content (AvgIpc) is 2.32. The first-order chi connectivity index (χ1) is 5.27. The van der Waals surface area contributed by atoms with Crippen molar-refractivity contribution in [3.05, 3.63) is 23.2 Å². The minimum atomic E-state index is 0.599. The summed E-state index contributed by atoms with van der Waals surface area (Å²) in [5.74, 6) is 1.49. The second-order valence-corrected chi connectivity index (χ2v) is 2.33. The van der Waals surface area contributed by atoms with Gasteiger partial charge in [0.15, 0.2) is 0 Å². The van der Waals surface area contributed by atoms with Crippen LogP contribution in [0.1, 0.15) is 24.0 Å². The molecule has 11 heavy (non-hydrogen) atoms. The standard InChI is InChI=1S/C8H11NO2/c1-3-7-4-8(5-9-10)11-6(7)2/h4-5,10H,3H2,1-2H3. The Balaban J connectivity index is 2.95. The van der Waals surface area contributed by atoms with E-state index in [1.54, 1.807) is 0 Å². The van der Waals surface area contributed by atoms with Crippen LogP contribution in [-0.4, -0.2) is 11.4 Å². The molecule has 0 aliphatic heterocycles. The maximum absolute atomic E-state index is 8.20. The van der Waals surface area contributed by atoms with E-state index in [1.165, 1.54) is 6.21 Å². The first-order valence-electron chi connectivity index (χ1n) is 3.54. The highest BCUT2D eigenvalue weighted by Crippen LogP contribution is 2.13. The van der Waals surface area contributed by atoms with Crippen LogP contribution in [0.3, 0.4) is 0 Å². The van der Waals surface area contributed by atoms with E-state index in [4.69, 9.17) is 9.62 Å². The van der Waals surface area contributed by atoms with E-state index >= 15 is 0 Å². The number of oxime groups is 1. The molecule has 0 radical (unpaired) electrons. The van der Waals surface area contributed by atoms with E-state index in [1.807, 2.05) is 13.0 Å². The van der Waals surface area contributed by atoms with Crippen LogP contribution in [0.15, 0.2) is 15.6 Å². The first kappa shape index (κ1) is 7.85. The molecule has 60 valence electrons. The van der Waals surface area contributed by atoms with Gasteiger partial charge in [-0.3, -0.25) is 0 Å². The molecule has 0 aliphatic rings. The molecule has 0 atom stereocenters. The Kier molecular flexibility index (Phi) is 2.31. The lowest BCUT2D eigenvalue weighted by molar-refractivity contribution is 0.320. The molecule has 1 heterocycles. The molecule has 1 aromatic heterocycles. The quantitative estimate of drug-likeness (QED) is 0.401. The van der Waals surface area contributed by atoms with Gasteiger partial charge < -0.3 is 9.62 Å². The summed E-state index contributed by atoms with van der Waals surface area (Å²) in [6.07, 6.45) is 2.22. The van der Waals surface area contributed by atoms with Crippen molar-refractivity contribution in [2.45, 2.75) is 20.3 Å². The van der Waals surface area contributed by atoms with Crippen molar-refractivity contribution in [3.8, 4) is 0 Å². The van der Waals surface area contributed by atoms with E-state index in [-0.39, 0.29) is 0 Å². The lowest BCUT2D eigenvalue weighted by atomic mass is 10.2. The Morgan fingerprint density at radius 3 is 2.91 bits per heavy atom. The molecule has 0 amide bonds. The van der Waals surface area contributed by atoms with Crippen LogP contribution >= 0.6 is 0 Å². The van der Waals surface area contributed by atoms with Gasteiger partial charge in [0.2, 0.25) is 0 Å². The number of hydrogen-bond donors (Lipinski definition) is 1. The highest BCUT2D eigenvalue weighted by Gasteiger charge is 2.02. The van der Waals surface area contributed by atoms with Gasteiger partial charge in [-0.05, 0) is 25.0 Å². The Hall–Kier alpha value is -1.25. The molecule has 3 nitrogen and oxygen atoms in total. The minimum absolute atomic E-state index is 0.599. The Labute approximate surface area is 65.3 Å². The second kappa shape index (κ2) is 3.23. The molecule has 0 bridgehead atoms. The Morgan fingerprint density at radius 2 is 2.45 bits per heavy atom. The number of furan rings is 1. The number of rotatable bonds is 2. The second-order valence-electron chi connectivity index (χ2n) is 2.33. The van der Waals surface area contributed by atoms with Crippen molar-refractivity contribution in [3.63, 3.8) is 0 Å². The van der Waals surface area contributed by atoms with Crippen LogP contribution in [0.4, 0.5) is 0 Å². The zero-order chi connectivity index (χ0) is 8.27. The molecule has 1 aromatic rings. The summed E-state index contributed by atoms with van der Waals surface area (Å²) in [6.45, 7) is 3.95. The van der Waals surface area contributed by atoms with Crippen molar-refractivity contribution in [1.29, 1.82) is 0 Å². The number of hydrogen-bond acceptors (Lipinski definition) is 3. The largest absolute Gasteiger partial charge is 0.460 e. The van der Waals surface area contributed by atoms with Gasteiger partial charge in [-0.25, -0.2) is 0 Å². The van der Waals surface area contributed by atoms with Crippen LogP contribution in [0.5, 0.6) is 0 Å². The van der Waals surface area contributed by atoms with Gasteiger partial charge in [-0.1, -0.05) is 12.1 Å². The molecule has 0 unspecified atom stereocenters. The van der Waals surface area contributed by atoms with Crippen LogP contribution in [0, 0.1) is 6.92 Å². The molecule has 0 aliphatic carbocycles.